The second kappa shape index (κ2) is 11.0. The highest BCUT2D eigenvalue weighted by atomic mass is 32.2. The molecule has 0 saturated carbocycles. The third-order valence-electron chi connectivity index (χ3n) is 3.50. The van der Waals surface area contributed by atoms with Crippen molar-refractivity contribution in [3.05, 3.63) is 47.8 Å². The van der Waals surface area contributed by atoms with Gasteiger partial charge in [-0.15, -0.1) is 0 Å². The van der Waals surface area contributed by atoms with E-state index in [1.807, 2.05) is 18.2 Å². The number of imidazole rings is 1. The summed E-state index contributed by atoms with van der Waals surface area (Å²) in [6, 6.07) is 8.62. The minimum absolute atomic E-state index is 0. The number of pyridine rings is 1. The van der Waals surface area contributed by atoms with Crippen molar-refractivity contribution in [3.8, 4) is 5.75 Å². The third-order valence-corrected chi connectivity index (χ3v) is 4.66. The molecule has 3 aromatic rings. The zero-order chi connectivity index (χ0) is 21.6. The van der Waals surface area contributed by atoms with Crippen LogP contribution in [0, 0.1) is 6.92 Å². The number of nitrogens with zero attached hydrogens (tertiary/aromatic N) is 2. The van der Waals surface area contributed by atoms with Crippen molar-refractivity contribution < 1.29 is 32.7 Å². The van der Waals surface area contributed by atoms with Gasteiger partial charge in [0.05, 0.1) is 33.3 Å². The van der Waals surface area contributed by atoms with Crippen LogP contribution in [-0.4, -0.2) is 48.6 Å². The SMILES string of the molecule is CC(C)O.Cc1c(OCC(F)(F)F)ccnc1C[S@@](=O)c1nc2ccccc2[nH]1.O. The number of para-hydroxylation sites is 2. The summed E-state index contributed by atoms with van der Waals surface area (Å²) in [5, 5.41) is 8.35. The van der Waals surface area contributed by atoms with Gasteiger partial charge in [-0.3, -0.25) is 9.19 Å². The molecule has 0 fully saturated rings. The van der Waals surface area contributed by atoms with Crippen LogP contribution >= 0.6 is 0 Å². The fourth-order valence-electron chi connectivity index (χ4n) is 2.25. The number of aromatic amines is 1. The van der Waals surface area contributed by atoms with Gasteiger partial charge in [0.15, 0.2) is 11.8 Å². The van der Waals surface area contributed by atoms with Crippen LogP contribution in [0.2, 0.25) is 0 Å². The van der Waals surface area contributed by atoms with Gasteiger partial charge >= 0.3 is 6.18 Å². The molecule has 1 atom stereocenters. The Labute approximate surface area is 174 Å². The highest BCUT2D eigenvalue weighted by Gasteiger charge is 2.29. The lowest BCUT2D eigenvalue weighted by Crippen LogP contribution is -2.19. The van der Waals surface area contributed by atoms with Gasteiger partial charge in [-0.2, -0.15) is 13.2 Å². The van der Waals surface area contributed by atoms with Crippen molar-refractivity contribution in [2.75, 3.05) is 6.61 Å². The topological polar surface area (TPSA) is 120 Å². The van der Waals surface area contributed by atoms with Crippen LogP contribution < -0.4 is 4.74 Å². The molecule has 166 valence electrons. The molecule has 0 aliphatic rings. The van der Waals surface area contributed by atoms with E-state index in [4.69, 9.17) is 9.84 Å². The number of fused-ring (bicyclic) bond motifs is 1. The highest BCUT2D eigenvalue weighted by molar-refractivity contribution is 7.84. The summed E-state index contributed by atoms with van der Waals surface area (Å²) < 4.78 is 54.2. The van der Waals surface area contributed by atoms with E-state index in [0.29, 0.717) is 21.9 Å². The molecule has 2 aromatic heterocycles. The quantitative estimate of drug-likeness (QED) is 0.623. The molecule has 1 aromatic carbocycles. The van der Waals surface area contributed by atoms with Crippen LogP contribution in [-0.2, 0) is 16.6 Å². The lowest BCUT2D eigenvalue weighted by atomic mass is 10.2. The standard InChI is InChI=1S/C16H14F3N3O2S.C3H8O.H2O/c1-10-13(20-7-6-14(10)24-9-16(17,18)19)8-25(23)15-21-11-4-2-3-5-12(11)22-15;1-3(2)4;/h2-7H,8-9H2,1H3,(H,21,22);3-4H,1-2H3;1H2/t25-;;/m1../s1. The number of aliphatic hydroxyl groups excluding tert-OH is 1. The zero-order valence-corrected chi connectivity index (χ0v) is 17.5. The van der Waals surface area contributed by atoms with Crippen molar-refractivity contribution in [2.24, 2.45) is 0 Å². The largest absolute Gasteiger partial charge is 0.484 e. The van der Waals surface area contributed by atoms with Crippen molar-refractivity contribution in [3.63, 3.8) is 0 Å². The Morgan fingerprint density at radius 3 is 2.47 bits per heavy atom. The maximum absolute atomic E-state index is 12.5. The number of alkyl halides is 3. The first kappa shape index (κ1) is 25.5. The molecule has 2 heterocycles. The van der Waals surface area contributed by atoms with E-state index in [0.717, 1.165) is 5.52 Å². The zero-order valence-electron chi connectivity index (χ0n) is 16.7. The number of benzene rings is 1. The van der Waals surface area contributed by atoms with Crippen LogP contribution in [0.15, 0.2) is 41.7 Å². The van der Waals surface area contributed by atoms with Crippen molar-refractivity contribution in [1.82, 2.24) is 15.0 Å². The van der Waals surface area contributed by atoms with Crippen molar-refractivity contribution >= 4 is 21.8 Å². The Kier molecular flexibility index (Phi) is 9.40. The van der Waals surface area contributed by atoms with E-state index in [-0.39, 0.29) is 23.1 Å². The van der Waals surface area contributed by atoms with E-state index in [2.05, 4.69) is 15.0 Å². The maximum atomic E-state index is 12.5. The monoisotopic (exact) mass is 447 g/mol. The number of hydrogen-bond donors (Lipinski definition) is 2. The summed E-state index contributed by atoms with van der Waals surface area (Å²) in [5.74, 6) is 0.0958. The lowest BCUT2D eigenvalue weighted by Gasteiger charge is -2.13. The molecule has 4 N–H and O–H groups in total. The van der Waals surface area contributed by atoms with E-state index in [1.165, 1.54) is 12.3 Å². The van der Waals surface area contributed by atoms with Gasteiger partial charge in [-0.25, -0.2) is 4.98 Å². The van der Waals surface area contributed by atoms with Gasteiger partial charge in [0.2, 0.25) is 0 Å². The fourth-order valence-corrected chi connectivity index (χ4v) is 3.35. The Morgan fingerprint density at radius 1 is 1.23 bits per heavy atom. The molecule has 0 spiro atoms. The average molecular weight is 447 g/mol. The Balaban J connectivity index is 0.000000827. The minimum atomic E-state index is -4.42. The number of halogens is 3. The van der Waals surface area contributed by atoms with Crippen LogP contribution in [0.1, 0.15) is 25.1 Å². The fraction of sp³-hybridized carbons (Fsp3) is 0.368. The molecule has 0 aliphatic heterocycles. The van der Waals surface area contributed by atoms with E-state index in [1.54, 1.807) is 26.8 Å². The van der Waals surface area contributed by atoms with Crippen molar-refractivity contribution in [2.45, 2.75) is 44.0 Å². The summed E-state index contributed by atoms with van der Waals surface area (Å²) in [7, 11) is -1.51. The lowest BCUT2D eigenvalue weighted by molar-refractivity contribution is -0.153. The predicted octanol–water partition coefficient (Wildman–Crippen LogP) is 3.08. The van der Waals surface area contributed by atoms with Gasteiger partial charge in [-0.1, -0.05) is 12.1 Å². The molecule has 0 unspecified atom stereocenters. The second-order valence-electron chi connectivity index (χ2n) is 6.43. The third kappa shape index (κ3) is 7.73. The molecule has 0 radical (unpaired) electrons. The number of hydrogen-bond acceptors (Lipinski definition) is 5. The first-order chi connectivity index (χ1) is 13.6. The highest BCUT2D eigenvalue weighted by Crippen LogP contribution is 2.24. The first-order valence-electron chi connectivity index (χ1n) is 8.72. The molecule has 0 bridgehead atoms. The summed E-state index contributed by atoms with van der Waals surface area (Å²) in [6.07, 6.45) is -3.25. The molecule has 11 heteroatoms. The summed E-state index contributed by atoms with van der Waals surface area (Å²) in [5.41, 5.74) is 2.28. The number of aliphatic hydroxyl groups is 1. The number of aromatic nitrogens is 3. The smallest absolute Gasteiger partial charge is 0.422 e. The predicted molar refractivity (Wildman–Crippen MR) is 108 cm³/mol. The molecular formula is C19H24F3N3O4S. The number of ether oxygens (including phenoxy) is 1. The van der Waals surface area contributed by atoms with Crippen LogP contribution in [0.25, 0.3) is 11.0 Å². The summed E-state index contributed by atoms with van der Waals surface area (Å²) in [4.78, 5) is 11.3. The summed E-state index contributed by atoms with van der Waals surface area (Å²) >= 11 is 0. The average Bonchev–Trinajstić information content (AvgIpc) is 3.05. The first-order valence-corrected chi connectivity index (χ1v) is 10.0. The van der Waals surface area contributed by atoms with E-state index < -0.39 is 23.6 Å². The number of nitrogens with one attached hydrogen (secondary N) is 1. The molecule has 0 saturated heterocycles. The number of H-pyrrole nitrogens is 1. The Bertz CT molecular complexity index is 941. The van der Waals surface area contributed by atoms with Gasteiger partial charge in [-0.05, 0) is 39.0 Å². The molecule has 7 nitrogen and oxygen atoms in total. The maximum Gasteiger partial charge on any atom is 0.422 e. The van der Waals surface area contributed by atoms with Crippen LogP contribution in [0.4, 0.5) is 13.2 Å². The van der Waals surface area contributed by atoms with Gasteiger partial charge in [0.1, 0.15) is 5.75 Å². The van der Waals surface area contributed by atoms with Crippen molar-refractivity contribution in [1.29, 1.82) is 0 Å². The van der Waals surface area contributed by atoms with Gasteiger partial charge in [0.25, 0.3) is 0 Å². The molecule has 3 rings (SSSR count). The summed E-state index contributed by atoms with van der Waals surface area (Å²) in [6.45, 7) is 3.65. The normalized spacial score (nSPS) is 12.1. The van der Waals surface area contributed by atoms with Gasteiger partial charge in [0, 0.05) is 17.9 Å². The molecule has 0 aliphatic carbocycles. The minimum Gasteiger partial charge on any atom is -0.484 e. The second-order valence-corrected chi connectivity index (χ2v) is 7.79. The molecular weight excluding hydrogens is 423 g/mol. The van der Waals surface area contributed by atoms with E-state index in [9.17, 15) is 17.4 Å². The van der Waals surface area contributed by atoms with Crippen LogP contribution in [0.5, 0.6) is 5.75 Å². The van der Waals surface area contributed by atoms with Crippen LogP contribution in [0.3, 0.4) is 0 Å². The number of rotatable bonds is 5. The molecule has 0 amide bonds. The Morgan fingerprint density at radius 2 is 1.87 bits per heavy atom. The van der Waals surface area contributed by atoms with Gasteiger partial charge < -0.3 is 20.3 Å². The van der Waals surface area contributed by atoms with E-state index >= 15 is 0 Å². The molecule has 30 heavy (non-hydrogen) atoms. The Hall–Kier alpha value is -2.50.